The molecule has 0 radical (unpaired) electrons. The Bertz CT molecular complexity index is 411. The number of aryl methyl sites for hydroxylation is 1. The van der Waals surface area contributed by atoms with Crippen molar-refractivity contribution in [1.29, 1.82) is 0 Å². The summed E-state index contributed by atoms with van der Waals surface area (Å²) in [6.07, 6.45) is 3.77. The topological polar surface area (TPSA) is 30.7 Å². The van der Waals surface area contributed by atoms with Crippen molar-refractivity contribution in [2.45, 2.75) is 12.8 Å². The van der Waals surface area contributed by atoms with Crippen molar-refractivity contribution in [1.82, 2.24) is 15.0 Å². The fourth-order valence-electron chi connectivity index (χ4n) is 1.37. The molecular weight excluding hydrogens is 210 g/mol. The Morgan fingerprint density at radius 3 is 2.73 bits per heavy atom. The number of rotatable bonds is 4. The van der Waals surface area contributed by atoms with Crippen LogP contribution < -0.4 is 0 Å². The van der Waals surface area contributed by atoms with E-state index in [0.717, 1.165) is 24.2 Å². The summed E-state index contributed by atoms with van der Waals surface area (Å²) in [7, 11) is 0. The smallest absolute Gasteiger partial charge is 0.0832 e. The van der Waals surface area contributed by atoms with Crippen LogP contribution in [-0.2, 0) is 6.42 Å². The zero-order valence-corrected chi connectivity index (χ0v) is 9.06. The Morgan fingerprint density at radius 2 is 2.00 bits per heavy atom. The van der Waals surface area contributed by atoms with E-state index in [4.69, 9.17) is 11.6 Å². The van der Waals surface area contributed by atoms with Crippen LogP contribution in [0.2, 0.25) is 0 Å². The largest absolute Gasteiger partial charge is 0.220 e. The van der Waals surface area contributed by atoms with E-state index >= 15 is 0 Å². The quantitative estimate of drug-likeness (QED) is 0.743. The van der Waals surface area contributed by atoms with E-state index in [1.807, 2.05) is 36.5 Å². The van der Waals surface area contributed by atoms with Crippen LogP contribution in [0.3, 0.4) is 0 Å². The highest BCUT2D eigenvalue weighted by Gasteiger charge is 2.01. The van der Waals surface area contributed by atoms with Crippen LogP contribution in [0.5, 0.6) is 0 Å². The van der Waals surface area contributed by atoms with Crippen LogP contribution in [0.4, 0.5) is 0 Å². The normalized spacial score (nSPS) is 10.5. The molecule has 3 nitrogen and oxygen atoms in total. The fourth-order valence-corrected chi connectivity index (χ4v) is 1.50. The predicted octanol–water partition coefficient (Wildman–Crippen LogP) is 2.44. The summed E-state index contributed by atoms with van der Waals surface area (Å²) in [5, 5.41) is 8.15. The highest BCUT2D eigenvalue weighted by Crippen LogP contribution is 2.06. The Balaban J connectivity index is 2.14. The molecule has 1 aromatic carbocycles. The highest BCUT2D eigenvalue weighted by molar-refractivity contribution is 6.17. The lowest BCUT2D eigenvalue weighted by atomic mass is 10.3. The summed E-state index contributed by atoms with van der Waals surface area (Å²) in [5.74, 6) is 0.665. The molecular formula is C11H12ClN3. The molecule has 0 aliphatic heterocycles. The van der Waals surface area contributed by atoms with Crippen molar-refractivity contribution < 1.29 is 0 Å². The lowest BCUT2D eigenvalue weighted by Gasteiger charge is -1.97. The Labute approximate surface area is 93.7 Å². The van der Waals surface area contributed by atoms with E-state index in [-0.39, 0.29) is 0 Å². The predicted molar refractivity (Wildman–Crippen MR) is 60.4 cm³/mol. The van der Waals surface area contributed by atoms with E-state index in [1.54, 1.807) is 4.68 Å². The van der Waals surface area contributed by atoms with Crippen LogP contribution in [0.1, 0.15) is 12.1 Å². The molecule has 0 aliphatic rings. The minimum Gasteiger partial charge on any atom is -0.220 e. The van der Waals surface area contributed by atoms with E-state index in [9.17, 15) is 0 Å². The molecule has 0 spiro atoms. The molecule has 15 heavy (non-hydrogen) atoms. The maximum atomic E-state index is 5.62. The van der Waals surface area contributed by atoms with E-state index in [1.165, 1.54) is 0 Å². The molecule has 78 valence electrons. The van der Waals surface area contributed by atoms with Gasteiger partial charge in [0.25, 0.3) is 0 Å². The standard InChI is InChI=1S/C11H12ClN3/c12-8-4-5-10-9-15(14-13-10)11-6-2-1-3-7-11/h1-3,6-7,9H,4-5,8H2. The van der Waals surface area contributed by atoms with Gasteiger partial charge in [-0.3, -0.25) is 0 Å². The first-order chi connectivity index (χ1) is 7.40. The molecule has 4 heteroatoms. The minimum absolute atomic E-state index is 0.665. The van der Waals surface area contributed by atoms with Gasteiger partial charge in [-0.1, -0.05) is 23.4 Å². The second kappa shape index (κ2) is 4.94. The number of aromatic nitrogens is 3. The van der Waals surface area contributed by atoms with Crippen molar-refractivity contribution in [2.24, 2.45) is 0 Å². The summed E-state index contributed by atoms with van der Waals surface area (Å²) < 4.78 is 1.78. The fraction of sp³-hybridized carbons (Fsp3) is 0.273. The van der Waals surface area contributed by atoms with Gasteiger partial charge in [0.2, 0.25) is 0 Å². The van der Waals surface area contributed by atoms with Crippen LogP contribution in [-0.4, -0.2) is 20.9 Å². The van der Waals surface area contributed by atoms with Gasteiger partial charge in [-0.05, 0) is 25.0 Å². The highest BCUT2D eigenvalue weighted by atomic mass is 35.5. The Morgan fingerprint density at radius 1 is 1.20 bits per heavy atom. The van der Waals surface area contributed by atoms with E-state index in [2.05, 4.69) is 10.3 Å². The summed E-state index contributed by atoms with van der Waals surface area (Å²) >= 11 is 5.62. The lowest BCUT2D eigenvalue weighted by Crippen LogP contribution is -1.93. The molecule has 2 aromatic rings. The third-order valence-corrected chi connectivity index (χ3v) is 2.40. The number of benzene rings is 1. The first kappa shape index (κ1) is 10.2. The maximum Gasteiger partial charge on any atom is 0.0832 e. The average Bonchev–Trinajstić information content (AvgIpc) is 2.76. The molecule has 0 atom stereocenters. The van der Waals surface area contributed by atoms with Gasteiger partial charge in [-0.15, -0.1) is 16.7 Å². The van der Waals surface area contributed by atoms with Gasteiger partial charge < -0.3 is 0 Å². The Kier molecular flexibility index (Phi) is 3.35. The third kappa shape index (κ3) is 2.57. The molecule has 0 saturated carbocycles. The summed E-state index contributed by atoms with van der Waals surface area (Å²) in [6.45, 7) is 0. The van der Waals surface area contributed by atoms with Gasteiger partial charge in [-0.2, -0.15) is 0 Å². The van der Waals surface area contributed by atoms with Crippen LogP contribution in [0.15, 0.2) is 36.5 Å². The minimum atomic E-state index is 0.665. The van der Waals surface area contributed by atoms with E-state index < -0.39 is 0 Å². The molecule has 1 heterocycles. The Hall–Kier alpha value is -1.35. The van der Waals surface area contributed by atoms with Crippen LogP contribution >= 0.6 is 11.6 Å². The maximum absolute atomic E-state index is 5.62. The summed E-state index contributed by atoms with van der Waals surface area (Å²) in [5.41, 5.74) is 2.02. The van der Waals surface area contributed by atoms with Crippen molar-refractivity contribution in [3.05, 3.63) is 42.2 Å². The first-order valence-corrected chi connectivity index (χ1v) is 5.46. The molecule has 0 N–H and O–H groups in total. The second-order valence-corrected chi connectivity index (χ2v) is 3.66. The number of hydrogen-bond acceptors (Lipinski definition) is 2. The lowest BCUT2D eigenvalue weighted by molar-refractivity contribution is 0.792. The van der Waals surface area contributed by atoms with Crippen LogP contribution in [0.25, 0.3) is 5.69 Å². The van der Waals surface area contributed by atoms with E-state index in [0.29, 0.717) is 5.88 Å². The molecule has 0 aliphatic carbocycles. The van der Waals surface area contributed by atoms with Crippen molar-refractivity contribution in [2.75, 3.05) is 5.88 Å². The zero-order chi connectivity index (χ0) is 10.5. The van der Waals surface area contributed by atoms with Gasteiger partial charge >= 0.3 is 0 Å². The van der Waals surface area contributed by atoms with Gasteiger partial charge in [-0.25, -0.2) is 4.68 Å². The van der Waals surface area contributed by atoms with Gasteiger partial charge in [0.05, 0.1) is 17.6 Å². The van der Waals surface area contributed by atoms with Crippen LogP contribution in [0, 0.1) is 0 Å². The molecule has 0 bridgehead atoms. The molecule has 0 fully saturated rings. The second-order valence-electron chi connectivity index (χ2n) is 3.28. The number of para-hydroxylation sites is 1. The van der Waals surface area contributed by atoms with Crippen molar-refractivity contribution in [3.8, 4) is 5.69 Å². The molecule has 0 saturated heterocycles. The monoisotopic (exact) mass is 221 g/mol. The van der Waals surface area contributed by atoms with Gasteiger partial charge in [0, 0.05) is 5.88 Å². The summed E-state index contributed by atoms with van der Waals surface area (Å²) in [4.78, 5) is 0. The molecule has 2 rings (SSSR count). The van der Waals surface area contributed by atoms with Gasteiger partial charge in [0.1, 0.15) is 0 Å². The number of nitrogens with zero attached hydrogens (tertiary/aromatic N) is 3. The first-order valence-electron chi connectivity index (χ1n) is 4.93. The number of alkyl halides is 1. The number of hydrogen-bond donors (Lipinski definition) is 0. The average molecular weight is 222 g/mol. The van der Waals surface area contributed by atoms with Gasteiger partial charge in [0.15, 0.2) is 0 Å². The zero-order valence-electron chi connectivity index (χ0n) is 8.31. The molecule has 0 amide bonds. The van der Waals surface area contributed by atoms with Crippen molar-refractivity contribution >= 4 is 11.6 Å². The summed E-state index contributed by atoms with van der Waals surface area (Å²) in [6, 6.07) is 9.94. The number of halogens is 1. The molecule has 0 unspecified atom stereocenters. The SMILES string of the molecule is ClCCCc1cn(-c2ccccc2)nn1. The third-order valence-electron chi connectivity index (χ3n) is 2.13. The van der Waals surface area contributed by atoms with Crippen molar-refractivity contribution in [3.63, 3.8) is 0 Å². The molecule has 1 aromatic heterocycles.